The SMILES string of the molecule is CC(C)(C)OC(=O)N[C@H](c1ccc(Cl)cc1)[C@@H](N)C(=O)OC(C)(C)C. The van der Waals surface area contributed by atoms with Crippen molar-refractivity contribution in [2.45, 2.75) is 64.8 Å². The van der Waals surface area contributed by atoms with E-state index < -0.39 is 35.3 Å². The fraction of sp³-hybridized carbons (Fsp3) is 0.556. The van der Waals surface area contributed by atoms with E-state index in [0.717, 1.165) is 0 Å². The van der Waals surface area contributed by atoms with E-state index >= 15 is 0 Å². The number of hydrogen-bond acceptors (Lipinski definition) is 5. The average molecular weight is 371 g/mol. The van der Waals surface area contributed by atoms with Gasteiger partial charge in [-0.2, -0.15) is 0 Å². The Balaban J connectivity index is 3.04. The van der Waals surface area contributed by atoms with Crippen molar-refractivity contribution in [1.29, 1.82) is 0 Å². The third-order valence-corrected chi connectivity index (χ3v) is 3.19. The zero-order valence-corrected chi connectivity index (χ0v) is 16.3. The van der Waals surface area contributed by atoms with Gasteiger partial charge in [0, 0.05) is 5.02 Å². The van der Waals surface area contributed by atoms with Gasteiger partial charge in [0.15, 0.2) is 0 Å². The van der Waals surface area contributed by atoms with Crippen molar-refractivity contribution in [3.05, 3.63) is 34.9 Å². The third-order valence-electron chi connectivity index (χ3n) is 2.94. The van der Waals surface area contributed by atoms with Gasteiger partial charge in [0.2, 0.25) is 0 Å². The normalized spacial score (nSPS) is 14.4. The second-order valence-electron chi connectivity index (χ2n) is 7.73. The maximum Gasteiger partial charge on any atom is 0.408 e. The molecule has 0 aromatic heterocycles. The number of nitrogens with one attached hydrogen (secondary N) is 1. The summed E-state index contributed by atoms with van der Waals surface area (Å²) in [5.41, 5.74) is 5.33. The first-order valence-corrected chi connectivity index (χ1v) is 8.40. The van der Waals surface area contributed by atoms with Gasteiger partial charge < -0.3 is 20.5 Å². The van der Waals surface area contributed by atoms with Gasteiger partial charge >= 0.3 is 12.1 Å². The molecular weight excluding hydrogens is 344 g/mol. The van der Waals surface area contributed by atoms with Gasteiger partial charge in [-0.15, -0.1) is 0 Å². The van der Waals surface area contributed by atoms with E-state index in [1.165, 1.54) is 0 Å². The largest absolute Gasteiger partial charge is 0.459 e. The predicted octanol–water partition coefficient (Wildman–Crippen LogP) is 3.57. The van der Waals surface area contributed by atoms with Crippen LogP contribution in [0.5, 0.6) is 0 Å². The number of nitrogens with two attached hydrogens (primary N) is 1. The number of carbonyl (C=O) groups excluding carboxylic acids is 2. The summed E-state index contributed by atoms with van der Waals surface area (Å²) < 4.78 is 10.6. The highest BCUT2D eigenvalue weighted by Gasteiger charge is 2.32. The lowest BCUT2D eigenvalue weighted by molar-refractivity contribution is -0.157. The fourth-order valence-corrected chi connectivity index (χ4v) is 2.12. The van der Waals surface area contributed by atoms with Gasteiger partial charge in [0.05, 0.1) is 6.04 Å². The minimum absolute atomic E-state index is 0.533. The molecule has 0 saturated heterocycles. The standard InChI is InChI=1S/C18H27ClN2O4/c1-17(2,3)24-15(22)13(20)14(11-7-9-12(19)10-8-11)21-16(23)25-18(4,5)6/h7-10,13-14H,20H2,1-6H3,(H,21,23)/t13-,14-/m1/s1. The van der Waals surface area contributed by atoms with Crippen LogP contribution in [0.15, 0.2) is 24.3 Å². The van der Waals surface area contributed by atoms with Crippen LogP contribution in [0.4, 0.5) is 4.79 Å². The predicted molar refractivity (Wildman–Crippen MR) is 97.4 cm³/mol. The minimum Gasteiger partial charge on any atom is -0.459 e. The van der Waals surface area contributed by atoms with Gasteiger partial charge in [-0.25, -0.2) is 4.79 Å². The van der Waals surface area contributed by atoms with Crippen LogP contribution < -0.4 is 11.1 Å². The first kappa shape index (κ1) is 21.3. The van der Waals surface area contributed by atoms with Crippen LogP contribution in [0, 0.1) is 0 Å². The van der Waals surface area contributed by atoms with Crippen molar-refractivity contribution in [2.24, 2.45) is 5.73 Å². The Labute approximate surface area is 154 Å². The number of rotatable bonds is 4. The molecule has 0 aliphatic rings. The highest BCUT2D eigenvalue weighted by atomic mass is 35.5. The fourth-order valence-electron chi connectivity index (χ4n) is 1.99. The third kappa shape index (κ3) is 7.75. The zero-order chi connectivity index (χ0) is 19.4. The molecule has 3 N–H and O–H groups in total. The molecular formula is C18H27ClN2O4. The molecule has 0 aliphatic heterocycles. The summed E-state index contributed by atoms with van der Waals surface area (Å²) in [5.74, 6) is -0.622. The zero-order valence-electron chi connectivity index (χ0n) is 15.6. The van der Waals surface area contributed by atoms with Gasteiger partial charge in [-0.3, -0.25) is 4.79 Å². The quantitative estimate of drug-likeness (QED) is 0.790. The first-order chi connectivity index (χ1) is 11.3. The van der Waals surface area contributed by atoms with E-state index in [1.807, 2.05) is 0 Å². The molecule has 1 amide bonds. The second kappa shape index (κ2) is 8.06. The smallest absolute Gasteiger partial charge is 0.408 e. The van der Waals surface area contributed by atoms with Crippen LogP contribution in [0.3, 0.4) is 0 Å². The Morgan fingerprint density at radius 3 is 1.92 bits per heavy atom. The summed E-state index contributed by atoms with van der Waals surface area (Å²) in [5, 5.41) is 3.18. The molecule has 140 valence electrons. The number of carbonyl (C=O) groups is 2. The number of hydrogen-bond donors (Lipinski definition) is 2. The van der Waals surface area contributed by atoms with E-state index in [4.69, 9.17) is 26.8 Å². The van der Waals surface area contributed by atoms with Crippen LogP contribution in [0.25, 0.3) is 0 Å². The van der Waals surface area contributed by atoms with Crippen LogP contribution >= 0.6 is 11.6 Å². The molecule has 1 aromatic rings. The van der Waals surface area contributed by atoms with E-state index in [-0.39, 0.29) is 0 Å². The van der Waals surface area contributed by atoms with Crippen molar-refractivity contribution >= 4 is 23.7 Å². The van der Waals surface area contributed by atoms with E-state index in [0.29, 0.717) is 10.6 Å². The molecule has 0 fully saturated rings. The average Bonchev–Trinajstić information content (AvgIpc) is 2.41. The molecule has 1 aromatic carbocycles. The maximum atomic E-state index is 12.3. The highest BCUT2D eigenvalue weighted by molar-refractivity contribution is 6.30. The highest BCUT2D eigenvalue weighted by Crippen LogP contribution is 2.22. The van der Waals surface area contributed by atoms with Crippen molar-refractivity contribution in [2.75, 3.05) is 0 Å². The van der Waals surface area contributed by atoms with Crippen molar-refractivity contribution in [3.63, 3.8) is 0 Å². The summed E-state index contributed by atoms with van der Waals surface area (Å²) in [6.45, 7) is 10.5. The van der Waals surface area contributed by atoms with E-state index in [1.54, 1.807) is 65.8 Å². The second-order valence-corrected chi connectivity index (χ2v) is 8.17. The summed E-state index contributed by atoms with van der Waals surface area (Å²) in [6, 6.07) is 4.77. The number of benzene rings is 1. The van der Waals surface area contributed by atoms with Crippen molar-refractivity contribution < 1.29 is 19.1 Å². The summed E-state index contributed by atoms with van der Waals surface area (Å²) >= 11 is 5.90. The Morgan fingerprint density at radius 1 is 1.00 bits per heavy atom. The summed E-state index contributed by atoms with van der Waals surface area (Å²) in [7, 11) is 0. The number of halogens is 1. The van der Waals surface area contributed by atoms with Crippen molar-refractivity contribution in [3.8, 4) is 0 Å². The number of ether oxygens (including phenoxy) is 2. The molecule has 0 unspecified atom stereocenters. The topological polar surface area (TPSA) is 90.6 Å². The van der Waals surface area contributed by atoms with Crippen molar-refractivity contribution in [1.82, 2.24) is 5.32 Å². The lowest BCUT2D eigenvalue weighted by Crippen LogP contribution is -2.48. The van der Waals surface area contributed by atoms with Gasteiger partial charge in [0.25, 0.3) is 0 Å². The Kier molecular flexibility index (Phi) is 6.85. The number of amides is 1. The van der Waals surface area contributed by atoms with Crippen LogP contribution in [0.2, 0.25) is 5.02 Å². The molecule has 2 atom stereocenters. The summed E-state index contributed by atoms with van der Waals surface area (Å²) in [6.07, 6.45) is -0.675. The van der Waals surface area contributed by atoms with Crippen LogP contribution in [-0.4, -0.2) is 29.3 Å². The first-order valence-electron chi connectivity index (χ1n) is 8.02. The van der Waals surface area contributed by atoms with E-state index in [2.05, 4.69) is 5.32 Å². The molecule has 1 rings (SSSR count). The molecule has 0 heterocycles. The minimum atomic E-state index is -1.10. The summed E-state index contributed by atoms with van der Waals surface area (Å²) in [4.78, 5) is 24.5. The molecule has 0 bridgehead atoms. The molecule has 0 radical (unpaired) electrons. The Hall–Kier alpha value is -1.79. The molecule has 0 spiro atoms. The lowest BCUT2D eigenvalue weighted by atomic mass is 9.99. The van der Waals surface area contributed by atoms with Crippen LogP contribution in [0.1, 0.15) is 53.1 Å². The maximum absolute atomic E-state index is 12.3. The van der Waals surface area contributed by atoms with Gasteiger partial charge in [0.1, 0.15) is 17.2 Å². The van der Waals surface area contributed by atoms with Gasteiger partial charge in [-0.05, 0) is 59.2 Å². The Morgan fingerprint density at radius 2 is 1.48 bits per heavy atom. The lowest BCUT2D eigenvalue weighted by Gasteiger charge is -2.29. The number of esters is 1. The van der Waals surface area contributed by atoms with Gasteiger partial charge in [-0.1, -0.05) is 23.7 Å². The number of alkyl carbamates (subject to hydrolysis) is 1. The molecule has 6 nitrogen and oxygen atoms in total. The Bertz CT molecular complexity index is 603. The molecule has 7 heteroatoms. The van der Waals surface area contributed by atoms with Crippen LogP contribution in [-0.2, 0) is 14.3 Å². The molecule has 25 heavy (non-hydrogen) atoms. The van der Waals surface area contributed by atoms with E-state index in [9.17, 15) is 9.59 Å². The molecule has 0 aliphatic carbocycles. The monoisotopic (exact) mass is 370 g/mol. The molecule has 0 saturated carbocycles.